The summed E-state index contributed by atoms with van der Waals surface area (Å²) in [6.07, 6.45) is 0. The monoisotopic (exact) mass is 280 g/mol. The van der Waals surface area contributed by atoms with Crippen molar-refractivity contribution < 1.29 is 17.7 Å². The van der Waals surface area contributed by atoms with Crippen LogP contribution >= 0.6 is 0 Å². The minimum absolute atomic E-state index is 0.0538. The fourth-order valence-electron chi connectivity index (χ4n) is 1.48. The molecule has 0 unspecified atom stereocenters. The summed E-state index contributed by atoms with van der Waals surface area (Å²) in [6, 6.07) is 7.13. The predicted molar refractivity (Wildman–Crippen MR) is 68.5 cm³/mol. The number of anilines is 1. The lowest BCUT2D eigenvalue weighted by atomic mass is 10.2. The molecule has 0 saturated carbocycles. The van der Waals surface area contributed by atoms with Gasteiger partial charge in [0.2, 0.25) is 0 Å². The third-order valence-electron chi connectivity index (χ3n) is 2.44. The summed E-state index contributed by atoms with van der Waals surface area (Å²) in [4.78, 5) is 11.2. The summed E-state index contributed by atoms with van der Waals surface area (Å²) in [5.41, 5.74) is 0.455. The maximum atomic E-state index is 12.0. The largest absolute Gasteiger partial charge is 0.360 e. The van der Waals surface area contributed by atoms with Crippen LogP contribution in [0, 0.1) is 6.92 Å². The molecule has 2 rings (SSSR count). The second-order valence-corrected chi connectivity index (χ2v) is 5.69. The minimum atomic E-state index is -3.73. The van der Waals surface area contributed by atoms with Gasteiger partial charge in [-0.05, 0) is 26.0 Å². The number of carbonyl (C=O) groups excluding carboxylic acids is 1. The second-order valence-electron chi connectivity index (χ2n) is 4.01. The van der Waals surface area contributed by atoms with Gasteiger partial charge in [0.25, 0.3) is 10.0 Å². The van der Waals surface area contributed by atoms with Crippen LogP contribution in [0.25, 0.3) is 0 Å². The Labute approximate surface area is 110 Å². The highest BCUT2D eigenvalue weighted by molar-refractivity contribution is 7.92. The zero-order chi connectivity index (χ0) is 14.0. The summed E-state index contributed by atoms with van der Waals surface area (Å²) in [7, 11) is -3.73. The van der Waals surface area contributed by atoms with Crippen molar-refractivity contribution in [2.75, 3.05) is 4.72 Å². The first-order valence-corrected chi connectivity index (χ1v) is 6.94. The van der Waals surface area contributed by atoms with E-state index in [4.69, 9.17) is 4.52 Å². The van der Waals surface area contributed by atoms with Crippen molar-refractivity contribution in [3.63, 3.8) is 0 Å². The van der Waals surface area contributed by atoms with E-state index in [1.54, 1.807) is 6.92 Å². The highest BCUT2D eigenvalue weighted by Gasteiger charge is 2.16. The first kappa shape index (κ1) is 13.3. The van der Waals surface area contributed by atoms with E-state index >= 15 is 0 Å². The van der Waals surface area contributed by atoms with Crippen molar-refractivity contribution >= 4 is 21.6 Å². The second kappa shape index (κ2) is 4.85. The molecular formula is C12H12N2O4S. The molecule has 100 valence electrons. The van der Waals surface area contributed by atoms with Crippen molar-refractivity contribution in [3.05, 3.63) is 41.7 Å². The summed E-state index contributed by atoms with van der Waals surface area (Å²) in [5.74, 6) is 0.502. The predicted octanol–water partition coefficient (Wildman–Crippen LogP) is 1.99. The summed E-state index contributed by atoms with van der Waals surface area (Å²) >= 11 is 0. The molecule has 1 N–H and O–H groups in total. The summed E-state index contributed by atoms with van der Waals surface area (Å²) < 4.78 is 31.1. The minimum Gasteiger partial charge on any atom is -0.360 e. The first-order chi connectivity index (χ1) is 8.88. The number of Topliss-reactive ketones (excluding diaryl/α,β-unsaturated/α-hetero) is 1. The average molecular weight is 280 g/mol. The molecule has 6 nitrogen and oxygen atoms in total. The quantitative estimate of drug-likeness (QED) is 0.865. The number of carbonyl (C=O) groups is 1. The topological polar surface area (TPSA) is 89.3 Å². The maximum absolute atomic E-state index is 12.0. The third kappa shape index (κ3) is 3.00. The van der Waals surface area contributed by atoms with Crippen LogP contribution < -0.4 is 4.72 Å². The van der Waals surface area contributed by atoms with Gasteiger partial charge in [-0.3, -0.25) is 9.52 Å². The first-order valence-electron chi connectivity index (χ1n) is 5.45. The van der Waals surface area contributed by atoms with Gasteiger partial charge < -0.3 is 4.52 Å². The van der Waals surface area contributed by atoms with Gasteiger partial charge in [-0.15, -0.1) is 0 Å². The van der Waals surface area contributed by atoms with Crippen LogP contribution in [0.5, 0.6) is 0 Å². The molecule has 19 heavy (non-hydrogen) atoms. The fraction of sp³-hybridized carbons (Fsp3) is 0.167. The molecule has 7 heteroatoms. The standard InChI is InChI=1S/C12H12N2O4S/c1-8-7-12(13-18-8)14-19(16,17)11-5-3-10(4-6-11)9(2)15/h3-7H,1-2H3,(H,13,14). The number of nitrogens with zero attached hydrogens (tertiary/aromatic N) is 1. The molecule has 0 saturated heterocycles. The Hall–Kier alpha value is -2.15. The lowest BCUT2D eigenvalue weighted by Gasteiger charge is -2.05. The van der Waals surface area contributed by atoms with Crippen molar-refractivity contribution in [2.45, 2.75) is 18.7 Å². The number of rotatable bonds is 4. The van der Waals surface area contributed by atoms with Crippen molar-refractivity contribution in [2.24, 2.45) is 0 Å². The molecule has 0 amide bonds. The van der Waals surface area contributed by atoms with Crippen LogP contribution in [0.3, 0.4) is 0 Å². The Morgan fingerprint density at radius 3 is 2.37 bits per heavy atom. The van der Waals surface area contributed by atoms with E-state index < -0.39 is 10.0 Å². The Bertz CT molecular complexity index is 702. The van der Waals surface area contributed by atoms with Gasteiger partial charge in [0.1, 0.15) is 5.76 Å². The van der Waals surface area contributed by atoms with E-state index in [1.807, 2.05) is 0 Å². The lowest BCUT2D eigenvalue weighted by Crippen LogP contribution is -2.13. The van der Waals surface area contributed by atoms with Gasteiger partial charge in [-0.1, -0.05) is 17.3 Å². The SMILES string of the molecule is CC(=O)c1ccc(S(=O)(=O)Nc2cc(C)on2)cc1. The van der Waals surface area contributed by atoms with E-state index in [-0.39, 0.29) is 16.5 Å². The molecule has 1 heterocycles. The summed E-state index contributed by atoms with van der Waals surface area (Å²) in [6.45, 7) is 3.08. The number of aryl methyl sites for hydroxylation is 1. The Kier molecular flexibility index (Phi) is 3.39. The molecule has 0 aliphatic carbocycles. The molecule has 0 aliphatic rings. The molecule has 0 spiro atoms. The van der Waals surface area contributed by atoms with Crippen LogP contribution in [-0.2, 0) is 10.0 Å². The van der Waals surface area contributed by atoms with Gasteiger partial charge in [0.15, 0.2) is 11.6 Å². The molecule has 0 radical (unpaired) electrons. The molecule has 0 fully saturated rings. The van der Waals surface area contributed by atoms with Gasteiger partial charge in [-0.25, -0.2) is 8.42 Å². The van der Waals surface area contributed by atoms with Crippen molar-refractivity contribution in [1.29, 1.82) is 0 Å². The molecular weight excluding hydrogens is 268 g/mol. The van der Waals surface area contributed by atoms with Crippen LogP contribution in [-0.4, -0.2) is 19.4 Å². The van der Waals surface area contributed by atoms with Gasteiger partial charge in [0.05, 0.1) is 4.90 Å². The number of hydrogen-bond donors (Lipinski definition) is 1. The third-order valence-corrected chi connectivity index (χ3v) is 3.81. The van der Waals surface area contributed by atoms with E-state index in [0.29, 0.717) is 11.3 Å². The zero-order valence-corrected chi connectivity index (χ0v) is 11.2. The number of aromatic nitrogens is 1. The number of sulfonamides is 1. The van der Waals surface area contributed by atoms with E-state index in [2.05, 4.69) is 9.88 Å². The van der Waals surface area contributed by atoms with E-state index in [9.17, 15) is 13.2 Å². The van der Waals surface area contributed by atoms with Crippen LogP contribution in [0.15, 0.2) is 39.8 Å². The molecule has 1 aromatic heterocycles. The van der Waals surface area contributed by atoms with Gasteiger partial charge in [0, 0.05) is 11.6 Å². The molecule has 1 aromatic carbocycles. The molecule has 2 aromatic rings. The van der Waals surface area contributed by atoms with Gasteiger partial charge in [-0.2, -0.15) is 0 Å². The Morgan fingerprint density at radius 1 is 1.26 bits per heavy atom. The summed E-state index contributed by atoms with van der Waals surface area (Å²) in [5, 5.41) is 3.55. The highest BCUT2D eigenvalue weighted by Crippen LogP contribution is 2.16. The highest BCUT2D eigenvalue weighted by atomic mass is 32.2. The fourth-order valence-corrected chi connectivity index (χ4v) is 2.46. The van der Waals surface area contributed by atoms with E-state index in [1.165, 1.54) is 37.3 Å². The van der Waals surface area contributed by atoms with Crippen molar-refractivity contribution in [1.82, 2.24) is 5.16 Å². The Morgan fingerprint density at radius 2 is 1.89 bits per heavy atom. The molecule has 0 aliphatic heterocycles. The number of benzene rings is 1. The van der Waals surface area contributed by atoms with Gasteiger partial charge >= 0.3 is 0 Å². The van der Waals surface area contributed by atoms with Crippen LogP contribution in [0.4, 0.5) is 5.82 Å². The molecule has 0 atom stereocenters. The van der Waals surface area contributed by atoms with Crippen LogP contribution in [0.2, 0.25) is 0 Å². The maximum Gasteiger partial charge on any atom is 0.263 e. The Balaban J connectivity index is 2.26. The number of hydrogen-bond acceptors (Lipinski definition) is 5. The van der Waals surface area contributed by atoms with E-state index in [0.717, 1.165) is 0 Å². The number of ketones is 1. The van der Waals surface area contributed by atoms with Crippen molar-refractivity contribution in [3.8, 4) is 0 Å². The number of nitrogens with one attached hydrogen (secondary N) is 1. The normalized spacial score (nSPS) is 11.3. The smallest absolute Gasteiger partial charge is 0.263 e. The molecule has 0 bridgehead atoms. The average Bonchev–Trinajstić information content (AvgIpc) is 2.74. The van der Waals surface area contributed by atoms with Crippen LogP contribution in [0.1, 0.15) is 23.0 Å². The zero-order valence-electron chi connectivity index (χ0n) is 10.4. The lowest BCUT2D eigenvalue weighted by molar-refractivity contribution is 0.101.